The highest BCUT2D eigenvalue weighted by Crippen LogP contribution is 2.32. The van der Waals surface area contributed by atoms with E-state index >= 15 is 0 Å². The fourth-order valence-electron chi connectivity index (χ4n) is 2.46. The number of carbonyl (C=O) groups is 1. The summed E-state index contributed by atoms with van der Waals surface area (Å²) in [5.41, 5.74) is 2.57. The van der Waals surface area contributed by atoms with Crippen LogP contribution < -0.4 is 5.32 Å². The second-order valence-electron chi connectivity index (χ2n) is 5.48. The molecule has 0 spiro atoms. The topological polar surface area (TPSA) is 61.7 Å². The molecule has 0 saturated carbocycles. The molecule has 0 saturated heterocycles. The van der Waals surface area contributed by atoms with Gasteiger partial charge in [0.2, 0.25) is 0 Å². The van der Waals surface area contributed by atoms with Gasteiger partial charge in [0.25, 0.3) is 0 Å². The molecule has 0 atom stereocenters. The first-order chi connectivity index (χ1) is 10.7. The van der Waals surface area contributed by atoms with Crippen LogP contribution in [0.2, 0.25) is 0 Å². The second-order valence-corrected chi connectivity index (χ2v) is 5.48. The maximum Gasteiger partial charge on any atom is 0.188 e. The van der Waals surface area contributed by atoms with Crippen molar-refractivity contribution in [2.45, 2.75) is 39.5 Å². The van der Waals surface area contributed by atoms with Crippen LogP contribution in [0.5, 0.6) is 5.75 Å². The minimum Gasteiger partial charge on any atom is -0.507 e. The van der Waals surface area contributed by atoms with E-state index < -0.39 is 0 Å². The summed E-state index contributed by atoms with van der Waals surface area (Å²) in [4.78, 5) is 16.8. The Bertz CT molecular complexity index is 603. The molecule has 1 aliphatic rings. The van der Waals surface area contributed by atoms with Crippen LogP contribution in [0.4, 0.5) is 5.69 Å². The van der Waals surface area contributed by atoms with Crippen LogP contribution in [0.1, 0.15) is 55.5 Å². The number of unbranched alkanes of at least 4 members (excludes halogenated alkanes) is 2. The molecule has 0 aliphatic heterocycles. The Hall–Kier alpha value is -2.10. The van der Waals surface area contributed by atoms with Crippen molar-refractivity contribution in [2.24, 2.45) is 4.99 Å². The number of allylic oxidation sites excluding steroid dienone is 2. The van der Waals surface area contributed by atoms with E-state index in [2.05, 4.69) is 24.2 Å². The number of hydrogen-bond donors (Lipinski definition) is 2. The van der Waals surface area contributed by atoms with E-state index in [9.17, 15) is 9.90 Å². The Labute approximate surface area is 132 Å². The number of nitrogens with zero attached hydrogens (tertiary/aromatic N) is 1. The average molecular weight is 300 g/mol. The van der Waals surface area contributed by atoms with Crippen molar-refractivity contribution in [3.63, 3.8) is 0 Å². The maximum atomic E-state index is 12.3. The van der Waals surface area contributed by atoms with E-state index in [1.165, 1.54) is 6.08 Å². The van der Waals surface area contributed by atoms with Gasteiger partial charge in [0, 0.05) is 18.8 Å². The van der Waals surface area contributed by atoms with Crippen molar-refractivity contribution in [2.75, 3.05) is 18.4 Å². The van der Waals surface area contributed by atoms with Crippen LogP contribution in [0.3, 0.4) is 0 Å². The van der Waals surface area contributed by atoms with Gasteiger partial charge in [-0.15, -0.1) is 0 Å². The minimum atomic E-state index is -0.0839. The van der Waals surface area contributed by atoms with Crippen LogP contribution in [0.15, 0.2) is 29.3 Å². The van der Waals surface area contributed by atoms with Gasteiger partial charge in [-0.25, -0.2) is 0 Å². The van der Waals surface area contributed by atoms with E-state index in [1.54, 1.807) is 18.2 Å². The molecule has 4 nitrogen and oxygen atoms in total. The molecule has 0 amide bonds. The van der Waals surface area contributed by atoms with Gasteiger partial charge < -0.3 is 10.4 Å². The Morgan fingerprint density at radius 1 is 1.09 bits per heavy atom. The van der Waals surface area contributed by atoms with Crippen LogP contribution >= 0.6 is 0 Å². The zero-order valence-electron chi connectivity index (χ0n) is 13.4. The largest absolute Gasteiger partial charge is 0.507 e. The average Bonchev–Trinajstić information content (AvgIpc) is 2.52. The summed E-state index contributed by atoms with van der Waals surface area (Å²) in [6, 6.07) is 3.40. The molecule has 0 radical (unpaired) electrons. The summed E-state index contributed by atoms with van der Waals surface area (Å²) in [7, 11) is 0. The zero-order chi connectivity index (χ0) is 15.9. The fraction of sp³-hybridized carbons (Fsp3) is 0.444. The van der Waals surface area contributed by atoms with E-state index in [1.807, 2.05) is 0 Å². The van der Waals surface area contributed by atoms with Gasteiger partial charge in [-0.05, 0) is 37.1 Å². The number of anilines is 1. The van der Waals surface area contributed by atoms with Crippen molar-refractivity contribution < 1.29 is 9.90 Å². The lowest BCUT2D eigenvalue weighted by molar-refractivity contribution is 0.104. The summed E-state index contributed by atoms with van der Waals surface area (Å²) in [6.07, 6.45) is 7.43. The van der Waals surface area contributed by atoms with Crippen molar-refractivity contribution in [1.29, 1.82) is 0 Å². The van der Waals surface area contributed by atoms with Gasteiger partial charge in [0.15, 0.2) is 5.78 Å². The summed E-state index contributed by atoms with van der Waals surface area (Å²) in [6.45, 7) is 5.76. The summed E-state index contributed by atoms with van der Waals surface area (Å²) in [5.74, 6) is 0.0309. The number of aromatic hydroxyl groups is 1. The first kappa shape index (κ1) is 16.3. The SMILES string of the molecule is CCCCN=C1C=CC(=O)c2c(NCCCC)ccc(O)c21. The number of hydrogen-bond acceptors (Lipinski definition) is 4. The highest BCUT2D eigenvalue weighted by molar-refractivity contribution is 6.27. The number of carbonyl (C=O) groups excluding carboxylic acids is 1. The van der Waals surface area contributed by atoms with E-state index in [4.69, 9.17) is 0 Å². The maximum absolute atomic E-state index is 12.3. The minimum absolute atomic E-state index is 0.0839. The summed E-state index contributed by atoms with van der Waals surface area (Å²) >= 11 is 0. The molecule has 0 aromatic heterocycles. The molecule has 0 fully saturated rings. The third-order valence-corrected chi connectivity index (χ3v) is 3.72. The number of ketones is 1. The lowest BCUT2D eigenvalue weighted by atomic mass is 9.91. The highest BCUT2D eigenvalue weighted by Gasteiger charge is 2.24. The molecule has 4 heteroatoms. The van der Waals surface area contributed by atoms with Crippen LogP contribution in [0.25, 0.3) is 0 Å². The molecule has 1 aliphatic carbocycles. The molecule has 2 N–H and O–H groups in total. The molecule has 0 unspecified atom stereocenters. The van der Waals surface area contributed by atoms with Gasteiger partial charge in [-0.1, -0.05) is 26.7 Å². The Morgan fingerprint density at radius 2 is 1.86 bits per heavy atom. The van der Waals surface area contributed by atoms with Crippen LogP contribution in [-0.4, -0.2) is 29.7 Å². The van der Waals surface area contributed by atoms with E-state index in [0.29, 0.717) is 23.4 Å². The first-order valence-corrected chi connectivity index (χ1v) is 8.06. The normalized spacial score (nSPS) is 15.2. The number of nitrogens with one attached hydrogen (secondary N) is 1. The Kier molecular flexibility index (Phi) is 5.75. The predicted molar refractivity (Wildman–Crippen MR) is 91.3 cm³/mol. The molecule has 0 bridgehead atoms. The van der Waals surface area contributed by atoms with E-state index in [-0.39, 0.29) is 11.5 Å². The number of benzene rings is 1. The smallest absolute Gasteiger partial charge is 0.188 e. The number of phenolic OH excluding ortho intramolecular Hbond substituents is 1. The summed E-state index contributed by atoms with van der Waals surface area (Å²) in [5, 5.41) is 13.5. The zero-order valence-corrected chi connectivity index (χ0v) is 13.4. The molecule has 0 heterocycles. The third kappa shape index (κ3) is 3.56. The number of fused-ring (bicyclic) bond motifs is 1. The fourth-order valence-corrected chi connectivity index (χ4v) is 2.46. The van der Waals surface area contributed by atoms with Crippen molar-refractivity contribution in [3.05, 3.63) is 35.4 Å². The molecule has 22 heavy (non-hydrogen) atoms. The van der Waals surface area contributed by atoms with E-state index in [0.717, 1.165) is 37.9 Å². The van der Waals surface area contributed by atoms with Gasteiger partial charge in [0.1, 0.15) is 5.75 Å². The number of phenols is 1. The van der Waals surface area contributed by atoms with Gasteiger partial charge >= 0.3 is 0 Å². The van der Waals surface area contributed by atoms with Crippen LogP contribution in [-0.2, 0) is 0 Å². The molecule has 118 valence electrons. The highest BCUT2D eigenvalue weighted by atomic mass is 16.3. The molecule has 1 aromatic carbocycles. The standard InChI is InChI=1S/C18H24N2O2/c1-3-5-11-19-13-7-9-16(22)18-14(20-12-6-4-2)8-10-15(21)17(13)18/h7-10,19,22H,3-6,11-12H2,1-2H3. The molecular weight excluding hydrogens is 276 g/mol. The number of rotatable bonds is 7. The second kappa shape index (κ2) is 7.78. The van der Waals surface area contributed by atoms with Gasteiger partial charge in [-0.2, -0.15) is 0 Å². The predicted octanol–water partition coefficient (Wildman–Crippen LogP) is 3.95. The molecular formula is C18H24N2O2. The number of aliphatic imine (C=N–C) groups is 1. The van der Waals surface area contributed by atoms with Crippen molar-refractivity contribution in [1.82, 2.24) is 0 Å². The van der Waals surface area contributed by atoms with Gasteiger partial charge in [-0.3, -0.25) is 9.79 Å². The Balaban J connectivity index is 2.38. The third-order valence-electron chi connectivity index (χ3n) is 3.72. The van der Waals surface area contributed by atoms with Crippen LogP contribution in [0, 0.1) is 0 Å². The van der Waals surface area contributed by atoms with Crippen molar-refractivity contribution in [3.8, 4) is 5.75 Å². The lowest BCUT2D eigenvalue weighted by Crippen LogP contribution is -2.16. The molecule has 2 rings (SSSR count). The first-order valence-electron chi connectivity index (χ1n) is 8.06. The van der Waals surface area contributed by atoms with Crippen molar-refractivity contribution >= 4 is 17.2 Å². The lowest BCUT2D eigenvalue weighted by Gasteiger charge is -2.18. The monoisotopic (exact) mass is 300 g/mol. The summed E-state index contributed by atoms with van der Waals surface area (Å²) < 4.78 is 0. The van der Waals surface area contributed by atoms with Gasteiger partial charge in [0.05, 0.1) is 16.8 Å². The Morgan fingerprint density at radius 3 is 2.59 bits per heavy atom. The molecule has 1 aromatic rings. The quantitative estimate of drug-likeness (QED) is 0.592.